The zero-order chi connectivity index (χ0) is 14.4. The molecule has 1 aliphatic rings. The van der Waals surface area contributed by atoms with Gasteiger partial charge in [-0.15, -0.1) is 0 Å². The number of hydrogen-bond acceptors (Lipinski definition) is 5. The minimum absolute atomic E-state index is 0.165. The van der Waals surface area contributed by atoms with Gasteiger partial charge in [0, 0.05) is 5.69 Å². The Balaban J connectivity index is 1.96. The third-order valence-corrected chi connectivity index (χ3v) is 3.56. The predicted molar refractivity (Wildman–Crippen MR) is 73.3 cm³/mol. The van der Waals surface area contributed by atoms with Gasteiger partial charge in [0.15, 0.2) is 5.65 Å². The number of fused-ring (bicyclic) bond motifs is 2. The molecule has 2 aromatic heterocycles. The topological polar surface area (TPSA) is 107 Å². The zero-order valence-corrected chi connectivity index (χ0v) is 10.7. The summed E-state index contributed by atoms with van der Waals surface area (Å²) < 4.78 is 0. The average molecular weight is 276 g/mol. The van der Waals surface area contributed by atoms with Gasteiger partial charge in [-0.05, 0) is 23.8 Å². The molecule has 7 nitrogen and oxygen atoms in total. The molecule has 3 aromatic rings. The maximum absolute atomic E-state index is 12.3. The molecule has 0 radical (unpaired) electrons. The van der Waals surface area contributed by atoms with Gasteiger partial charge < -0.3 is 5.32 Å². The Bertz CT molecular complexity index is 923. The van der Waals surface area contributed by atoms with Gasteiger partial charge in [-0.2, -0.15) is 10.4 Å². The molecule has 7 heteroatoms. The fourth-order valence-corrected chi connectivity index (χ4v) is 2.62. The smallest absolute Gasteiger partial charge is 0.238 e. The molecule has 3 heterocycles. The van der Waals surface area contributed by atoms with Crippen LogP contribution in [-0.2, 0) is 4.79 Å². The molecule has 0 saturated heterocycles. The van der Waals surface area contributed by atoms with Gasteiger partial charge >= 0.3 is 0 Å². The van der Waals surface area contributed by atoms with E-state index in [1.54, 1.807) is 24.4 Å². The number of hydrogen-bond donors (Lipinski definition) is 2. The van der Waals surface area contributed by atoms with Crippen LogP contribution >= 0.6 is 0 Å². The number of carbonyl (C=O) groups is 1. The van der Waals surface area contributed by atoms with E-state index in [-0.39, 0.29) is 5.91 Å². The highest BCUT2D eigenvalue weighted by molar-refractivity contribution is 6.06. The van der Waals surface area contributed by atoms with Crippen molar-refractivity contribution < 1.29 is 4.79 Å². The second kappa shape index (κ2) is 4.11. The lowest BCUT2D eigenvalue weighted by atomic mass is 9.94. The lowest BCUT2D eigenvalue weighted by Crippen LogP contribution is -2.14. The molecule has 0 spiro atoms. The maximum Gasteiger partial charge on any atom is 0.238 e. The van der Waals surface area contributed by atoms with E-state index >= 15 is 0 Å². The molecular formula is C14H8N6O. The molecule has 1 atom stereocenters. The first-order chi connectivity index (χ1) is 10.3. The molecule has 4 rings (SSSR count). The Labute approximate surface area is 118 Å². The van der Waals surface area contributed by atoms with Crippen LogP contribution in [0.2, 0.25) is 0 Å². The summed E-state index contributed by atoms with van der Waals surface area (Å²) in [5.74, 6) is -0.724. The van der Waals surface area contributed by atoms with Crippen LogP contribution in [0, 0.1) is 11.3 Å². The molecular weight excluding hydrogens is 268 g/mol. The molecule has 21 heavy (non-hydrogen) atoms. The number of anilines is 1. The van der Waals surface area contributed by atoms with E-state index < -0.39 is 5.92 Å². The number of nitriles is 1. The van der Waals surface area contributed by atoms with Gasteiger partial charge in [0.2, 0.25) is 5.91 Å². The first-order valence-corrected chi connectivity index (χ1v) is 6.27. The number of H-pyrrole nitrogens is 1. The van der Waals surface area contributed by atoms with Crippen molar-refractivity contribution in [3.05, 3.63) is 47.5 Å². The van der Waals surface area contributed by atoms with Crippen LogP contribution in [-0.4, -0.2) is 26.1 Å². The highest BCUT2D eigenvalue weighted by Crippen LogP contribution is 2.38. The van der Waals surface area contributed by atoms with Crippen molar-refractivity contribution in [1.82, 2.24) is 20.2 Å². The Kier molecular flexibility index (Phi) is 2.26. The summed E-state index contributed by atoms with van der Waals surface area (Å²) in [6.07, 6.45) is 3.00. The number of benzene rings is 1. The van der Waals surface area contributed by atoms with Crippen molar-refractivity contribution in [3.63, 3.8) is 0 Å². The van der Waals surface area contributed by atoms with Crippen molar-refractivity contribution in [3.8, 4) is 6.07 Å². The van der Waals surface area contributed by atoms with Crippen LogP contribution in [0.5, 0.6) is 0 Å². The average Bonchev–Trinajstić information content (AvgIpc) is 3.09. The number of aromatic amines is 1. The number of carbonyl (C=O) groups excluding carboxylic acids is 1. The second-order valence-corrected chi connectivity index (χ2v) is 4.73. The monoisotopic (exact) mass is 276 g/mol. The molecule has 0 saturated carbocycles. The van der Waals surface area contributed by atoms with Crippen LogP contribution in [0.1, 0.15) is 22.7 Å². The fourth-order valence-electron chi connectivity index (χ4n) is 2.62. The summed E-state index contributed by atoms with van der Waals surface area (Å²) in [7, 11) is 0. The first-order valence-electron chi connectivity index (χ1n) is 6.27. The van der Waals surface area contributed by atoms with Gasteiger partial charge in [0.1, 0.15) is 12.2 Å². The van der Waals surface area contributed by atoms with Crippen LogP contribution in [0.25, 0.3) is 11.0 Å². The number of nitrogens with one attached hydrogen (secondary N) is 2. The van der Waals surface area contributed by atoms with Gasteiger partial charge in [0.05, 0.1) is 28.9 Å². The third kappa shape index (κ3) is 1.59. The number of rotatable bonds is 1. The fraction of sp³-hybridized carbons (Fsp3) is 0.0714. The molecule has 1 unspecified atom stereocenters. The summed E-state index contributed by atoms with van der Waals surface area (Å²) in [5, 5.41) is 19.2. The molecule has 2 N–H and O–H groups in total. The van der Waals surface area contributed by atoms with Crippen molar-refractivity contribution in [2.45, 2.75) is 5.92 Å². The molecule has 100 valence electrons. The van der Waals surface area contributed by atoms with Crippen molar-refractivity contribution in [2.24, 2.45) is 0 Å². The molecule has 1 amide bonds. The van der Waals surface area contributed by atoms with E-state index in [0.717, 1.165) is 5.56 Å². The van der Waals surface area contributed by atoms with Crippen LogP contribution in [0.4, 0.5) is 5.69 Å². The first kappa shape index (κ1) is 11.5. The Morgan fingerprint density at radius 2 is 2.19 bits per heavy atom. The molecule has 0 fully saturated rings. The van der Waals surface area contributed by atoms with E-state index in [1.165, 1.54) is 6.33 Å². The summed E-state index contributed by atoms with van der Waals surface area (Å²) in [5.41, 5.74) is 3.13. The van der Waals surface area contributed by atoms with E-state index in [0.29, 0.717) is 28.0 Å². The maximum atomic E-state index is 12.3. The second-order valence-electron chi connectivity index (χ2n) is 4.73. The lowest BCUT2D eigenvalue weighted by molar-refractivity contribution is -0.116. The van der Waals surface area contributed by atoms with E-state index in [2.05, 4.69) is 31.6 Å². The number of nitrogens with zero attached hydrogens (tertiary/aromatic N) is 4. The number of amides is 1. The normalized spacial score (nSPS) is 16.5. The standard InChI is InChI=1S/C14H8N6O/c15-4-7-1-2-10-8(3-7)11(14(21)19-10)12-9-5-18-20-13(9)17-6-16-12/h1-3,5-6,11H,(H,19,21)(H,16,17,18,20). The van der Waals surface area contributed by atoms with E-state index in [1.807, 2.05) is 0 Å². The summed E-state index contributed by atoms with van der Waals surface area (Å²) in [4.78, 5) is 20.6. The summed E-state index contributed by atoms with van der Waals surface area (Å²) in [6, 6.07) is 7.21. The largest absolute Gasteiger partial charge is 0.325 e. The molecule has 0 aliphatic carbocycles. The molecule has 1 aliphatic heterocycles. The van der Waals surface area contributed by atoms with Crippen LogP contribution in [0.3, 0.4) is 0 Å². The van der Waals surface area contributed by atoms with Crippen LogP contribution in [0.15, 0.2) is 30.7 Å². The van der Waals surface area contributed by atoms with Gasteiger partial charge in [0.25, 0.3) is 0 Å². The Hall–Kier alpha value is -3.27. The summed E-state index contributed by atoms with van der Waals surface area (Å²) in [6.45, 7) is 0. The predicted octanol–water partition coefficient (Wildman–Crippen LogP) is 1.31. The van der Waals surface area contributed by atoms with Crippen molar-refractivity contribution in [1.29, 1.82) is 5.26 Å². The SMILES string of the molecule is N#Cc1ccc2c(c1)C(c1ncnc3[nH]ncc13)C(=O)N2. The molecule has 1 aromatic carbocycles. The minimum atomic E-state index is -0.559. The number of aromatic nitrogens is 4. The highest BCUT2D eigenvalue weighted by atomic mass is 16.2. The quantitative estimate of drug-likeness (QED) is 0.696. The van der Waals surface area contributed by atoms with Crippen LogP contribution < -0.4 is 5.32 Å². The Morgan fingerprint density at radius 3 is 3.05 bits per heavy atom. The van der Waals surface area contributed by atoms with E-state index in [4.69, 9.17) is 5.26 Å². The minimum Gasteiger partial charge on any atom is -0.325 e. The van der Waals surface area contributed by atoms with Crippen molar-refractivity contribution in [2.75, 3.05) is 5.32 Å². The summed E-state index contributed by atoms with van der Waals surface area (Å²) >= 11 is 0. The highest BCUT2D eigenvalue weighted by Gasteiger charge is 2.34. The van der Waals surface area contributed by atoms with Gasteiger partial charge in [-0.25, -0.2) is 9.97 Å². The van der Waals surface area contributed by atoms with Gasteiger partial charge in [-0.3, -0.25) is 9.89 Å². The lowest BCUT2D eigenvalue weighted by Gasteiger charge is -2.08. The van der Waals surface area contributed by atoms with E-state index in [9.17, 15) is 4.79 Å². The van der Waals surface area contributed by atoms with Crippen molar-refractivity contribution >= 4 is 22.6 Å². The molecule has 0 bridgehead atoms. The third-order valence-electron chi connectivity index (χ3n) is 3.56. The van der Waals surface area contributed by atoms with Gasteiger partial charge in [-0.1, -0.05) is 0 Å². The Morgan fingerprint density at radius 1 is 1.29 bits per heavy atom. The zero-order valence-electron chi connectivity index (χ0n) is 10.7.